The first-order valence-electron chi connectivity index (χ1n) is 48.2. The molecule has 8 rings (SSSR count). The standard InChI is InChI=1S/C30H35NO.C27H35NO2.C26H33NO2.C20H29NO/c1-22(18-19-27-24(3)13-10-20-30(27,4)5)11-8-12-23(2)21-29(32)31-28-17-9-15-25-14-6-7-16-26(25)28;1-20(12-17-25-22(3)11-8-18-27(25,4)5)9-7-10-21(2)19-26(29)28-23-13-15-24(30-6)16-14-23;1-19(11-16-24-21(3)10-7-17-26(24,4)5)8-6-9-20(2)18-25(29)27-22-12-14-23(28)15-13-22;1-15(8-6-9-16(2)14-19(21)22)11-12-18-17(3)10-7-13-20(18,4)5/h6-9,11-12,14-19,21H,10,13,20H2,1-5H3,(H,31,32);7,9-10,12-17,19H,8,11,18H2,1-6H3,(H,28,29);6,8-9,11-16,18,28H,7,10,17H2,1-5H3,(H,27,29);6,8-9,11-12,14H,7,10,13H2,1-5H3,(H2,21,22)/i3D3,13D2;3D3,11D2;2*3D3,10D2. The number of ether oxygens (including phenoxy) is 1. The zero-order valence-corrected chi connectivity index (χ0v) is 69.2. The quantitative estimate of drug-likeness (QED) is 0.0267. The molecule has 0 spiro atoms. The van der Waals surface area contributed by atoms with Gasteiger partial charge in [0.05, 0.1) is 7.11 Å². The van der Waals surface area contributed by atoms with Gasteiger partial charge in [-0.2, -0.15) is 0 Å². The number of hydrogen-bond donors (Lipinski definition) is 5. The monoisotopic (exact) mass is 1540 g/mol. The van der Waals surface area contributed by atoms with Crippen molar-refractivity contribution in [3.8, 4) is 11.5 Å². The first-order valence-corrected chi connectivity index (χ1v) is 38.2. The number of carbonyl (C=O) groups excluding carboxylic acids is 4. The highest BCUT2D eigenvalue weighted by Crippen LogP contribution is 2.44. The molecule has 0 saturated carbocycles. The van der Waals surface area contributed by atoms with Gasteiger partial charge in [0.25, 0.3) is 0 Å². The molecule has 10 heteroatoms. The van der Waals surface area contributed by atoms with Crippen molar-refractivity contribution in [1.29, 1.82) is 0 Å². The second kappa shape index (κ2) is 45.8. The summed E-state index contributed by atoms with van der Waals surface area (Å²) in [6.45, 7) is 20.4. The number of rotatable bonds is 24. The normalized spacial score (nSPS) is 23.1. The Balaban J connectivity index is 0.000000316. The third-order valence-electron chi connectivity index (χ3n) is 19.1. The van der Waals surface area contributed by atoms with Gasteiger partial charge in [0, 0.05) is 74.2 Å². The molecule has 0 fully saturated rings. The topological polar surface area (TPSA) is 160 Å². The minimum atomic E-state index is -2.50. The van der Waals surface area contributed by atoms with Gasteiger partial charge in [0.2, 0.25) is 23.6 Å². The van der Waals surface area contributed by atoms with Crippen LogP contribution in [-0.4, -0.2) is 35.8 Å². The van der Waals surface area contributed by atoms with Gasteiger partial charge in [0.15, 0.2) is 0 Å². The SMILES string of the molecule is [2H]C([2H])([2H])C1=C(C=CC(C)=CC=CC(C)=CC(=O)Nc2ccc(O)cc2)C(C)(C)CCC1([2H])[2H].[2H]C([2H])([2H])C1=C(C=CC(C)=CC=CC(C)=CC(=O)Nc2ccc(OC)cc2)C(C)(C)CCC1([2H])[2H].[2H]C([2H])([2H])C1=C(C=CC(C)=CC=CC(C)=CC(=O)Nc2cccc3ccccc23)C(C)(C)CCC1([2H])[2H].[2H]C([2H])([2H])C1=C(C=CC(C)=CC=CC(C)=CC(N)=O)C(C)(C)CCC1([2H])[2H]. The summed E-state index contributed by atoms with van der Waals surface area (Å²) in [5.74, 6) is -0.402. The van der Waals surface area contributed by atoms with Gasteiger partial charge in [0.1, 0.15) is 11.5 Å². The molecule has 0 aliphatic heterocycles. The Morgan fingerprint density at radius 3 is 1.04 bits per heavy atom. The number of allylic oxidation sites excluding steroid dienone is 36. The molecule has 10 nitrogen and oxygen atoms in total. The van der Waals surface area contributed by atoms with E-state index in [4.69, 9.17) is 37.9 Å². The van der Waals surface area contributed by atoms with Crippen LogP contribution in [0.3, 0.4) is 0 Å². The van der Waals surface area contributed by atoms with Crippen molar-refractivity contribution in [3.05, 3.63) is 326 Å². The fourth-order valence-corrected chi connectivity index (χ4v) is 12.1. The lowest BCUT2D eigenvalue weighted by molar-refractivity contribution is -0.114. The average molecular weight is 1540 g/mol. The lowest BCUT2D eigenvalue weighted by Gasteiger charge is -2.33. The van der Waals surface area contributed by atoms with Crippen LogP contribution in [0.25, 0.3) is 10.8 Å². The first-order chi connectivity index (χ1) is 61.1. The summed E-state index contributed by atoms with van der Waals surface area (Å²) in [6, 6.07) is 26.9. The molecule has 0 unspecified atom stereocenters. The fourth-order valence-electron chi connectivity index (χ4n) is 12.1. The highest BCUT2D eigenvalue weighted by molar-refractivity contribution is 6.06. The first kappa shape index (κ1) is 65.9. The molecule has 4 aliphatic rings. The van der Waals surface area contributed by atoms with Crippen molar-refractivity contribution in [1.82, 2.24) is 0 Å². The van der Waals surface area contributed by atoms with E-state index < -0.39 is 80.5 Å². The molecule has 0 radical (unpaired) electrons. The van der Waals surface area contributed by atoms with Crippen LogP contribution in [-0.2, 0) is 19.2 Å². The lowest BCUT2D eigenvalue weighted by atomic mass is 9.72. The maximum absolute atomic E-state index is 12.5. The van der Waals surface area contributed by atoms with Crippen molar-refractivity contribution in [3.63, 3.8) is 0 Å². The van der Waals surface area contributed by atoms with E-state index in [-0.39, 0.29) is 71.4 Å². The number of anilines is 3. The van der Waals surface area contributed by atoms with Gasteiger partial charge >= 0.3 is 0 Å². The molecule has 4 aromatic carbocycles. The number of phenols is 1. The maximum Gasteiger partial charge on any atom is 0.248 e. The van der Waals surface area contributed by atoms with Crippen LogP contribution in [0, 0.1) is 21.7 Å². The number of methoxy groups -OCH3 is 1. The van der Waals surface area contributed by atoms with Gasteiger partial charge in [-0.15, -0.1) is 0 Å². The highest BCUT2D eigenvalue weighted by atomic mass is 16.5. The fraction of sp³-hybridized carbons (Fsp3) is 0.359. The number of phenolic OH excluding ortho intramolecular Hbond substituents is 1. The van der Waals surface area contributed by atoms with Gasteiger partial charge in [-0.05, 0) is 286 Å². The summed E-state index contributed by atoms with van der Waals surface area (Å²) < 4.78 is 166. The van der Waals surface area contributed by atoms with Gasteiger partial charge in [-0.1, -0.05) is 258 Å². The summed E-state index contributed by atoms with van der Waals surface area (Å²) in [6.07, 6.45) is 37.4. The number of fused-ring (bicyclic) bond motifs is 1. The molecule has 0 atom stereocenters. The Morgan fingerprint density at radius 2 is 0.717 bits per heavy atom. The van der Waals surface area contributed by atoms with E-state index in [1.807, 2.05) is 194 Å². The smallest absolute Gasteiger partial charge is 0.248 e. The molecule has 0 bridgehead atoms. The molecule has 0 saturated heterocycles. The van der Waals surface area contributed by atoms with Gasteiger partial charge < -0.3 is 31.5 Å². The average Bonchev–Trinajstić information content (AvgIpc) is 0.762. The van der Waals surface area contributed by atoms with E-state index in [0.29, 0.717) is 65.1 Å². The third-order valence-corrected chi connectivity index (χ3v) is 19.1. The van der Waals surface area contributed by atoms with E-state index in [0.717, 1.165) is 61.0 Å². The maximum atomic E-state index is 12.5. The summed E-state index contributed by atoms with van der Waals surface area (Å²) in [7, 11) is 1.58. The minimum absolute atomic E-state index is 0.0909. The summed E-state index contributed by atoms with van der Waals surface area (Å²) in [4.78, 5) is 47.7. The van der Waals surface area contributed by atoms with Crippen molar-refractivity contribution < 1.29 is 56.4 Å². The molecule has 113 heavy (non-hydrogen) atoms. The van der Waals surface area contributed by atoms with Gasteiger partial charge in [-0.25, -0.2) is 0 Å². The van der Waals surface area contributed by atoms with Crippen molar-refractivity contribution in [2.24, 2.45) is 27.4 Å². The van der Waals surface area contributed by atoms with E-state index in [9.17, 15) is 24.3 Å². The van der Waals surface area contributed by atoms with E-state index in [1.165, 1.54) is 36.4 Å². The number of nitrogens with one attached hydrogen (secondary N) is 3. The number of benzene rings is 4. The second-order valence-electron chi connectivity index (χ2n) is 31.0. The van der Waals surface area contributed by atoms with Crippen LogP contribution in [0.2, 0.25) is 0 Å². The van der Waals surface area contributed by atoms with E-state index in [2.05, 4.69) is 16.0 Å². The predicted octanol–water partition coefficient (Wildman–Crippen LogP) is 27.3. The number of hydrogen-bond acceptors (Lipinski definition) is 6. The molecule has 4 aromatic rings. The zero-order chi connectivity index (χ0) is 101. The van der Waals surface area contributed by atoms with Crippen LogP contribution in [0.4, 0.5) is 17.1 Å². The molecular weight excluding hydrogens is 1390 g/mol. The minimum Gasteiger partial charge on any atom is -0.508 e. The number of aromatic hydroxyl groups is 1. The third kappa shape index (κ3) is 33.7. The number of amides is 4. The zero-order valence-electron chi connectivity index (χ0n) is 89.2. The molecule has 6 N–H and O–H groups in total. The molecule has 0 heterocycles. The number of nitrogens with two attached hydrogens (primary N) is 1. The van der Waals surface area contributed by atoms with Crippen LogP contribution >= 0.6 is 0 Å². The molecule has 600 valence electrons. The molecule has 0 aromatic heterocycles. The van der Waals surface area contributed by atoms with Crippen LogP contribution < -0.4 is 26.4 Å². The van der Waals surface area contributed by atoms with E-state index in [1.54, 1.807) is 124 Å². The summed E-state index contributed by atoms with van der Waals surface area (Å²) in [5, 5.41) is 19.8. The largest absolute Gasteiger partial charge is 0.508 e. The lowest BCUT2D eigenvalue weighted by Crippen LogP contribution is -2.19. The Bertz CT molecular complexity index is 5520. The highest BCUT2D eigenvalue weighted by Gasteiger charge is 2.30. The van der Waals surface area contributed by atoms with Crippen molar-refractivity contribution in [2.45, 2.75) is 215 Å². The van der Waals surface area contributed by atoms with Crippen LogP contribution in [0.15, 0.2) is 326 Å². The van der Waals surface area contributed by atoms with Crippen molar-refractivity contribution in [2.75, 3.05) is 23.1 Å². The Labute approximate surface area is 708 Å². The van der Waals surface area contributed by atoms with Crippen LogP contribution in [0.5, 0.6) is 11.5 Å². The number of primary amides is 1. The Kier molecular flexibility index (Phi) is 26.7. The Morgan fingerprint density at radius 1 is 0.407 bits per heavy atom. The molecule has 4 aliphatic carbocycles. The summed E-state index contributed by atoms with van der Waals surface area (Å²) in [5.41, 5.74) is 13.6. The summed E-state index contributed by atoms with van der Waals surface area (Å²) >= 11 is 0. The predicted molar refractivity (Wildman–Crippen MR) is 485 cm³/mol. The molecular formula is C103H132N4O6. The molecule has 4 amide bonds. The number of carbonyl (C=O) groups is 4. The second-order valence-corrected chi connectivity index (χ2v) is 31.0. The van der Waals surface area contributed by atoms with E-state index >= 15 is 0 Å². The van der Waals surface area contributed by atoms with Crippen LogP contribution in [0.1, 0.15) is 242 Å². The Hall–Kier alpha value is -10.6. The van der Waals surface area contributed by atoms with Crippen molar-refractivity contribution >= 4 is 51.5 Å². The van der Waals surface area contributed by atoms with Gasteiger partial charge in [-0.3, -0.25) is 19.2 Å².